The first-order chi connectivity index (χ1) is 30.2. The molecule has 0 amide bonds. The minimum atomic E-state index is -0.0428. The van der Waals surface area contributed by atoms with E-state index in [1.807, 2.05) is 0 Å². The van der Waals surface area contributed by atoms with Crippen LogP contribution >= 0.6 is 45.2 Å². The van der Waals surface area contributed by atoms with Gasteiger partial charge < -0.3 is 0 Å². The fourth-order valence-corrected chi connectivity index (χ4v) is 15.1. The average molecular weight is 1130 g/mol. The zero-order chi connectivity index (χ0) is 41.9. The van der Waals surface area contributed by atoms with Gasteiger partial charge in [0.15, 0.2) is 0 Å². The summed E-state index contributed by atoms with van der Waals surface area (Å²) in [6.45, 7) is 11.6. The first-order valence-corrected chi connectivity index (χ1v) is 26.2. The monoisotopic (exact) mass is 1130 g/mol. The molecule has 0 saturated carbocycles. The van der Waals surface area contributed by atoms with Gasteiger partial charge in [-0.05, 0) is 114 Å². The van der Waals surface area contributed by atoms with E-state index in [-0.39, 0.29) is 21.2 Å². The predicted molar refractivity (Wildman–Crippen MR) is 282 cm³/mol. The van der Waals surface area contributed by atoms with Crippen molar-refractivity contribution in [2.45, 2.75) is 45.0 Å². The Hall–Kier alpha value is -4.57. The van der Waals surface area contributed by atoms with E-state index in [1.165, 1.54) is 165 Å². The fraction of sp³-hybridized carbons (Fsp3) is 0.119. The Labute approximate surface area is 398 Å². The van der Waals surface area contributed by atoms with Gasteiger partial charge in [0, 0.05) is 7.14 Å². The Balaban J connectivity index is 1.19. The van der Waals surface area contributed by atoms with E-state index in [4.69, 9.17) is 0 Å². The summed E-state index contributed by atoms with van der Waals surface area (Å²) in [6, 6.07) is 52.9. The molecule has 0 aromatic heterocycles. The molecule has 0 aliphatic heterocycles. The molecule has 12 aromatic rings. The van der Waals surface area contributed by atoms with Crippen molar-refractivity contribution >= 4 is 131 Å². The first-order valence-electron chi connectivity index (χ1n) is 21.7. The summed E-state index contributed by atoms with van der Waals surface area (Å²) < 4.78 is 4.85. The van der Waals surface area contributed by atoms with Crippen molar-refractivity contribution in [3.8, 4) is 44.5 Å². The second-order valence-corrected chi connectivity index (χ2v) is 24.3. The molecule has 3 heteroatoms. The van der Waals surface area contributed by atoms with Gasteiger partial charge in [-0.15, -0.1) is 0 Å². The van der Waals surface area contributed by atoms with Crippen LogP contribution in [0.4, 0.5) is 0 Å². The Morgan fingerprint density at radius 2 is 0.839 bits per heavy atom. The van der Waals surface area contributed by atoms with Crippen LogP contribution in [-0.2, 0) is 0 Å². The van der Waals surface area contributed by atoms with Crippen molar-refractivity contribution < 1.29 is 21.2 Å². The number of halogens is 3. The molecular weight excluding hydrogens is 1090 g/mol. The Morgan fingerprint density at radius 3 is 1.31 bits per heavy atom. The number of aryl methyl sites for hydroxylation is 3. The third-order valence-corrected chi connectivity index (χ3v) is 18.8. The van der Waals surface area contributed by atoms with Crippen molar-refractivity contribution in [1.82, 2.24) is 0 Å². The molecule has 1 atom stereocenters. The van der Waals surface area contributed by atoms with E-state index >= 15 is 0 Å². The van der Waals surface area contributed by atoms with Gasteiger partial charge in [0.1, 0.15) is 0 Å². The summed E-state index contributed by atoms with van der Waals surface area (Å²) in [5.74, 6) is 0. The fourth-order valence-electron chi connectivity index (χ4n) is 11.4. The molecule has 0 radical (unpaired) electrons. The summed E-state index contributed by atoms with van der Waals surface area (Å²) >= 11 is 4.97. The molecule has 1 unspecified atom stereocenters. The summed E-state index contributed by atoms with van der Waals surface area (Å²) in [7, 11) is 0. The second kappa shape index (κ2) is 13.7. The summed E-state index contributed by atoms with van der Waals surface area (Å²) in [4.78, 5) is 0. The van der Waals surface area contributed by atoms with Crippen LogP contribution in [0, 0.1) is 31.5 Å². The van der Waals surface area contributed by atoms with Gasteiger partial charge in [-0.2, -0.15) is 0 Å². The van der Waals surface area contributed by atoms with Crippen molar-refractivity contribution in [3.05, 3.63) is 161 Å². The van der Waals surface area contributed by atoms with Gasteiger partial charge in [0.25, 0.3) is 0 Å². The number of hydrogen-bond acceptors (Lipinski definition) is 0. The summed E-state index contributed by atoms with van der Waals surface area (Å²) in [5, 5.41) is 21.8. The van der Waals surface area contributed by atoms with Gasteiger partial charge in [-0.1, -0.05) is 12.1 Å². The maximum absolute atomic E-state index is 2.51. The second-order valence-electron chi connectivity index (χ2n) is 17.8. The molecule has 0 spiro atoms. The molecule has 0 nitrogen and oxygen atoms in total. The van der Waals surface area contributed by atoms with Crippen LogP contribution in [-0.4, -0.2) is 3.92 Å². The van der Waals surface area contributed by atoms with Crippen LogP contribution in [0.15, 0.2) is 133 Å². The summed E-state index contributed by atoms with van der Waals surface area (Å²) in [5.41, 5.74) is 14.7. The van der Waals surface area contributed by atoms with Gasteiger partial charge in [0.05, 0.1) is 0 Å². The van der Waals surface area contributed by atoms with Crippen LogP contribution in [0.3, 0.4) is 0 Å². The SMILES string of the molecule is CCC(C)[I-]c1ccc(-c2c3c(c(-c4ccc(C)cc4)c4c(C)ccc(C)c24)-c2ccc4c5ccc6c7cc(I)cc8cc(I)cc(c9ccc(c%10ccc-3c2c4%10)c5c69)c87)cc1. The van der Waals surface area contributed by atoms with Crippen molar-refractivity contribution in [2.75, 3.05) is 0 Å². The molecular formula is C59H40I3-. The number of alkyl halides is 1. The molecule has 298 valence electrons. The minimum absolute atomic E-state index is 0.0428. The maximum atomic E-state index is 2.51. The van der Waals surface area contributed by atoms with E-state index in [9.17, 15) is 0 Å². The van der Waals surface area contributed by atoms with Crippen LogP contribution in [0.1, 0.15) is 37.0 Å². The molecule has 0 heterocycles. The molecule has 62 heavy (non-hydrogen) atoms. The molecule has 1 aliphatic carbocycles. The van der Waals surface area contributed by atoms with Crippen LogP contribution < -0.4 is 21.2 Å². The van der Waals surface area contributed by atoms with Crippen LogP contribution in [0.5, 0.6) is 0 Å². The molecule has 1 aliphatic rings. The number of rotatable bonds is 5. The van der Waals surface area contributed by atoms with E-state index < -0.39 is 0 Å². The molecule has 0 fully saturated rings. The molecule has 0 bridgehead atoms. The summed E-state index contributed by atoms with van der Waals surface area (Å²) in [6.07, 6.45) is 1.24. The van der Waals surface area contributed by atoms with Gasteiger partial charge >= 0.3 is 270 Å². The van der Waals surface area contributed by atoms with E-state index in [0.717, 1.165) is 3.92 Å². The Morgan fingerprint density at radius 1 is 0.419 bits per heavy atom. The van der Waals surface area contributed by atoms with E-state index in [1.54, 1.807) is 0 Å². The molecule has 12 aromatic carbocycles. The zero-order valence-corrected chi connectivity index (χ0v) is 41.6. The molecule has 0 N–H and O–H groups in total. The number of benzene rings is 12. The zero-order valence-electron chi connectivity index (χ0n) is 35.1. The number of hydrogen-bond donors (Lipinski definition) is 0. The standard InChI is InChI=1S/C59H40I3/c1-6-32(5)62-38-15-13-34(14-16-38)53-50-31(4)10-9-30(3)49(50)52(33-11-7-29(2)8-12-33)58-45-23-21-41-39-17-19-43-47-27-36(60)25-35-26-37(61)28-48(51(35)47)44-20-18-40(54(39)56(43)44)42-22-24-46(59(53)58)57(45)55(41)42/h7-28,32H,6H2,1-5H3/q-1. The predicted octanol–water partition coefficient (Wildman–Crippen LogP) is 15.0. The van der Waals surface area contributed by atoms with Gasteiger partial charge in [0.2, 0.25) is 0 Å². The first kappa shape index (κ1) is 37.9. The molecule has 13 rings (SSSR count). The quantitative estimate of drug-likeness (QED) is 0.0697. The topological polar surface area (TPSA) is 0 Å². The Bertz CT molecular complexity index is 3810. The normalized spacial score (nSPS) is 13.2. The third kappa shape index (κ3) is 5.16. The molecule has 0 saturated heterocycles. The van der Waals surface area contributed by atoms with Gasteiger partial charge in [-0.3, -0.25) is 0 Å². The number of fused-ring (bicyclic) bond motifs is 8. The van der Waals surface area contributed by atoms with Crippen molar-refractivity contribution in [3.63, 3.8) is 0 Å². The Kier molecular flexibility index (Phi) is 8.39. The van der Waals surface area contributed by atoms with Gasteiger partial charge in [-0.25, -0.2) is 0 Å². The van der Waals surface area contributed by atoms with Crippen LogP contribution in [0.2, 0.25) is 0 Å². The van der Waals surface area contributed by atoms with Crippen LogP contribution in [0.25, 0.3) is 131 Å². The van der Waals surface area contributed by atoms with Crippen molar-refractivity contribution in [1.29, 1.82) is 0 Å². The average Bonchev–Trinajstić information content (AvgIpc) is 3.61. The van der Waals surface area contributed by atoms with E-state index in [2.05, 4.69) is 213 Å². The van der Waals surface area contributed by atoms with Crippen molar-refractivity contribution in [2.24, 2.45) is 0 Å². The van der Waals surface area contributed by atoms with E-state index in [0.29, 0.717) is 0 Å². The third-order valence-electron chi connectivity index (χ3n) is 14.2.